The molecular weight excluding hydrogens is 321 g/mol. The van der Waals surface area contributed by atoms with Gasteiger partial charge in [0.1, 0.15) is 5.82 Å². The summed E-state index contributed by atoms with van der Waals surface area (Å²) in [6, 6.07) is 12.6. The van der Waals surface area contributed by atoms with E-state index in [9.17, 15) is 9.18 Å². The van der Waals surface area contributed by atoms with Gasteiger partial charge in [0.15, 0.2) is 12.4 Å². The second-order valence-corrected chi connectivity index (χ2v) is 6.26. The van der Waals surface area contributed by atoms with Crippen LogP contribution in [0.15, 0.2) is 42.5 Å². The average Bonchev–Trinajstić information content (AvgIpc) is 2.65. The largest absolute Gasteiger partial charge is 0.479 e. The van der Waals surface area contributed by atoms with Crippen LogP contribution in [0.2, 0.25) is 0 Å². The van der Waals surface area contributed by atoms with Crippen LogP contribution in [0, 0.1) is 5.82 Å². The molecule has 0 bridgehead atoms. The SMILES string of the molecule is O=C1COc2c(N3CCNCC3)cc(F)cc2N1Cc1ccccc1. The molecule has 1 fully saturated rings. The number of rotatable bonds is 3. The second kappa shape index (κ2) is 6.72. The lowest BCUT2D eigenvalue weighted by Gasteiger charge is -2.35. The van der Waals surface area contributed by atoms with E-state index in [0.717, 1.165) is 37.4 Å². The number of anilines is 2. The number of hydrogen-bond acceptors (Lipinski definition) is 4. The first-order valence-corrected chi connectivity index (χ1v) is 8.49. The van der Waals surface area contributed by atoms with Crippen molar-refractivity contribution in [1.29, 1.82) is 0 Å². The molecule has 130 valence electrons. The number of benzene rings is 2. The lowest BCUT2D eigenvalue weighted by molar-refractivity contribution is -0.121. The fourth-order valence-electron chi connectivity index (χ4n) is 3.34. The monoisotopic (exact) mass is 341 g/mol. The van der Waals surface area contributed by atoms with Crippen molar-refractivity contribution < 1.29 is 13.9 Å². The Labute approximate surface area is 146 Å². The number of nitrogens with zero attached hydrogens (tertiary/aromatic N) is 2. The number of nitrogens with one attached hydrogen (secondary N) is 1. The molecule has 0 spiro atoms. The Morgan fingerprint density at radius 1 is 1.08 bits per heavy atom. The number of piperazine rings is 1. The van der Waals surface area contributed by atoms with E-state index in [-0.39, 0.29) is 18.3 Å². The predicted octanol–water partition coefficient (Wildman–Crippen LogP) is 2.16. The maximum atomic E-state index is 14.3. The van der Waals surface area contributed by atoms with Crippen molar-refractivity contribution in [2.24, 2.45) is 0 Å². The molecule has 2 aromatic rings. The molecule has 2 heterocycles. The average molecular weight is 341 g/mol. The van der Waals surface area contributed by atoms with Gasteiger partial charge in [-0.15, -0.1) is 0 Å². The van der Waals surface area contributed by atoms with Crippen molar-refractivity contribution in [2.45, 2.75) is 6.54 Å². The molecule has 0 aromatic heterocycles. The summed E-state index contributed by atoms with van der Waals surface area (Å²) in [7, 11) is 0. The van der Waals surface area contributed by atoms with E-state index in [1.54, 1.807) is 4.90 Å². The Balaban J connectivity index is 1.73. The number of ether oxygens (including phenoxy) is 1. The number of fused-ring (bicyclic) bond motifs is 1. The maximum Gasteiger partial charge on any atom is 0.265 e. The highest BCUT2D eigenvalue weighted by Gasteiger charge is 2.30. The highest BCUT2D eigenvalue weighted by molar-refractivity contribution is 5.99. The summed E-state index contributed by atoms with van der Waals surface area (Å²) in [6.07, 6.45) is 0. The van der Waals surface area contributed by atoms with Gasteiger partial charge in [-0.3, -0.25) is 4.79 Å². The van der Waals surface area contributed by atoms with Gasteiger partial charge in [0.2, 0.25) is 0 Å². The van der Waals surface area contributed by atoms with Crippen molar-refractivity contribution in [3.8, 4) is 5.75 Å². The van der Waals surface area contributed by atoms with Crippen LogP contribution < -0.4 is 19.9 Å². The van der Waals surface area contributed by atoms with Crippen molar-refractivity contribution in [1.82, 2.24) is 5.32 Å². The van der Waals surface area contributed by atoms with E-state index in [1.165, 1.54) is 12.1 Å². The van der Waals surface area contributed by atoms with E-state index >= 15 is 0 Å². The molecule has 2 aliphatic heterocycles. The minimum atomic E-state index is -0.358. The van der Waals surface area contributed by atoms with Gasteiger partial charge in [-0.05, 0) is 5.56 Å². The van der Waals surface area contributed by atoms with Gasteiger partial charge in [0.05, 0.1) is 17.9 Å². The number of halogens is 1. The van der Waals surface area contributed by atoms with Crippen LogP contribution >= 0.6 is 0 Å². The van der Waals surface area contributed by atoms with Gasteiger partial charge in [0, 0.05) is 38.3 Å². The molecule has 1 N–H and O–H groups in total. The minimum absolute atomic E-state index is 0.0233. The quantitative estimate of drug-likeness (QED) is 0.929. The van der Waals surface area contributed by atoms with Gasteiger partial charge in [-0.2, -0.15) is 0 Å². The van der Waals surface area contributed by atoms with Gasteiger partial charge in [-0.25, -0.2) is 4.39 Å². The molecule has 2 aliphatic rings. The zero-order valence-corrected chi connectivity index (χ0v) is 13.9. The Morgan fingerprint density at radius 2 is 1.80 bits per heavy atom. The maximum absolute atomic E-state index is 14.3. The molecule has 1 saturated heterocycles. The molecule has 0 aliphatic carbocycles. The third-order valence-electron chi connectivity index (χ3n) is 4.59. The van der Waals surface area contributed by atoms with Crippen molar-refractivity contribution in [3.05, 3.63) is 53.8 Å². The zero-order chi connectivity index (χ0) is 17.2. The molecule has 0 radical (unpaired) electrons. The predicted molar refractivity (Wildman–Crippen MR) is 94.6 cm³/mol. The summed E-state index contributed by atoms with van der Waals surface area (Å²) >= 11 is 0. The first kappa shape index (κ1) is 15.9. The Morgan fingerprint density at radius 3 is 2.56 bits per heavy atom. The van der Waals surface area contributed by atoms with E-state index in [4.69, 9.17) is 4.74 Å². The molecule has 0 unspecified atom stereocenters. The van der Waals surface area contributed by atoms with Crippen LogP contribution in [0.25, 0.3) is 0 Å². The van der Waals surface area contributed by atoms with Gasteiger partial charge < -0.3 is 19.9 Å². The summed E-state index contributed by atoms with van der Waals surface area (Å²) in [4.78, 5) is 16.1. The Kier molecular flexibility index (Phi) is 4.28. The van der Waals surface area contributed by atoms with Crippen LogP contribution in [-0.2, 0) is 11.3 Å². The van der Waals surface area contributed by atoms with Crippen LogP contribution in [0.4, 0.5) is 15.8 Å². The van der Waals surface area contributed by atoms with E-state index in [0.29, 0.717) is 18.0 Å². The molecular formula is C19H20FN3O2. The lowest BCUT2D eigenvalue weighted by atomic mass is 10.1. The highest BCUT2D eigenvalue weighted by Crippen LogP contribution is 2.42. The first-order chi connectivity index (χ1) is 12.2. The number of carbonyl (C=O) groups is 1. The molecule has 4 rings (SSSR count). The van der Waals surface area contributed by atoms with Crippen LogP contribution in [-0.4, -0.2) is 38.7 Å². The Hall–Kier alpha value is -2.60. The smallest absolute Gasteiger partial charge is 0.265 e. The van der Waals surface area contributed by atoms with Crippen LogP contribution in [0.1, 0.15) is 5.56 Å². The summed E-state index contributed by atoms with van der Waals surface area (Å²) in [6.45, 7) is 3.64. The fraction of sp³-hybridized carbons (Fsp3) is 0.316. The van der Waals surface area contributed by atoms with E-state index < -0.39 is 0 Å². The Bertz CT molecular complexity index is 776. The van der Waals surface area contributed by atoms with Crippen LogP contribution in [0.5, 0.6) is 5.75 Å². The van der Waals surface area contributed by atoms with Gasteiger partial charge in [0.25, 0.3) is 5.91 Å². The number of carbonyl (C=O) groups excluding carboxylic acids is 1. The fourth-order valence-corrected chi connectivity index (χ4v) is 3.34. The minimum Gasteiger partial charge on any atom is -0.479 e. The third kappa shape index (κ3) is 3.17. The number of amides is 1. The molecule has 5 nitrogen and oxygen atoms in total. The van der Waals surface area contributed by atoms with Gasteiger partial charge in [-0.1, -0.05) is 30.3 Å². The molecule has 2 aromatic carbocycles. The van der Waals surface area contributed by atoms with Crippen LogP contribution in [0.3, 0.4) is 0 Å². The van der Waals surface area contributed by atoms with E-state index in [2.05, 4.69) is 10.2 Å². The molecule has 0 saturated carbocycles. The van der Waals surface area contributed by atoms with Gasteiger partial charge >= 0.3 is 0 Å². The topological polar surface area (TPSA) is 44.8 Å². The standard InChI is InChI=1S/C19H20FN3O2/c20-15-10-16(22-8-6-21-7-9-22)19-17(11-15)23(18(24)13-25-19)12-14-4-2-1-3-5-14/h1-5,10-11,21H,6-9,12-13H2. The van der Waals surface area contributed by atoms with Crippen molar-refractivity contribution in [3.63, 3.8) is 0 Å². The molecule has 6 heteroatoms. The lowest BCUT2D eigenvalue weighted by Crippen LogP contribution is -2.44. The molecule has 0 atom stereocenters. The summed E-state index contributed by atoms with van der Waals surface area (Å²) < 4.78 is 20.0. The normalized spacial score (nSPS) is 17.2. The van der Waals surface area contributed by atoms with Crippen molar-refractivity contribution >= 4 is 17.3 Å². The second-order valence-electron chi connectivity index (χ2n) is 6.26. The van der Waals surface area contributed by atoms with E-state index in [1.807, 2.05) is 30.3 Å². The molecule has 1 amide bonds. The van der Waals surface area contributed by atoms with Crippen molar-refractivity contribution in [2.75, 3.05) is 42.6 Å². The third-order valence-corrected chi connectivity index (χ3v) is 4.59. The first-order valence-electron chi connectivity index (χ1n) is 8.49. The summed E-state index contributed by atoms with van der Waals surface area (Å²) in [5.41, 5.74) is 2.23. The molecule has 25 heavy (non-hydrogen) atoms. The highest BCUT2D eigenvalue weighted by atomic mass is 19.1. The number of hydrogen-bond donors (Lipinski definition) is 1. The summed E-state index contributed by atoms with van der Waals surface area (Å²) in [5, 5.41) is 3.29. The summed E-state index contributed by atoms with van der Waals surface area (Å²) in [5.74, 6) is 0.0793. The zero-order valence-electron chi connectivity index (χ0n) is 13.9.